The smallest absolute Gasteiger partial charge is 0.240 e. The van der Waals surface area contributed by atoms with Crippen molar-refractivity contribution in [3.8, 4) is 0 Å². The molecule has 1 aromatic carbocycles. The minimum absolute atomic E-state index is 0.0846. The first-order valence-corrected chi connectivity index (χ1v) is 9.77. The molecule has 5 nitrogen and oxygen atoms in total. The number of nitrogens with one attached hydrogen (secondary N) is 1. The van der Waals surface area contributed by atoms with Crippen LogP contribution >= 0.6 is 11.3 Å². The van der Waals surface area contributed by atoms with Gasteiger partial charge < -0.3 is 4.90 Å². The number of rotatable bonds is 5. The molecule has 1 aromatic heterocycles. The fourth-order valence-electron chi connectivity index (χ4n) is 2.74. The Hall–Kier alpha value is -1.70. The van der Waals surface area contributed by atoms with E-state index in [1.807, 2.05) is 17.5 Å². The van der Waals surface area contributed by atoms with Gasteiger partial charge in [-0.3, -0.25) is 4.79 Å². The SMILES string of the molecule is CNS(=O)(=O)c1ccc2c(c1)CCN2C(=O)CCc1cccs1. The first kappa shape index (κ1) is 16.2. The average Bonchev–Trinajstić information content (AvgIpc) is 3.21. The molecule has 2 aromatic rings. The first-order chi connectivity index (χ1) is 11.0. The van der Waals surface area contributed by atoms with Crippen LogP contribution in [0.15, 0.2) is 40.6 Å². The molecule has 0 aliphatic carbocycles. The lowest BCUT2D eigenvalue weighted by Crippen LogP contribution is -2.29. The van der Waals surface area contributed by atoms with Gasteiger partial charge in [-0.2, -0.15) is 0 Å². The number of hydrogen-bond acceptors (Lipinski definition) is 4. The maximum atomic E-state index is 12.4. The Balaban J connectivity index is 1.75. The zero-order valence-electron chi connectivity index (χ0n) is 12.8. The molecule has 1 N–H and O–H groups in total. The fraction of sp³-hybridized carbons (Fsp3) is 0.312. The zero-order chi connectivity index (χ0) is 16.4. The number of aryl methyl sites for hydroxylation is 1. The summed E-state index contributed by atoms with van der Waals surface area (Å²) in [6, 6.07) is 8.96. The molecule has 2 heterocycles. The van der Waals surface area contributed by atoms with Crippen LogP contribution in [0.5, 0.6) is 0 Å². The number of amides is 1. The minimum atomic E-state index is -3.45. The van der Waals surface area contributed by atoms with Gasteiger partial charge in [0, 0.05) is 23.5 Å². The summed E-state index contributed by atoms with van der Waals surface area (Å²) >= 11 is 1.66. The molecule has 7 heteroatoms. The highest BCUT2D eigenvalue weighted by molar-refractivity contribution is 7.89. The summed E-state index contributed by atoms with van der Waals surface area (Å²) in [6.07, 6.45) is 1.90. The molecule has 0 radical (unpaired) electrons. The van der Waals surface area contributed by atoms with Gasteiger partial charge in [-0.25, -0.2) is 13.1 Å². The molecular formula is C16H18N2O3S2. The quantitative estimate of drug-likeness (QED) is 0.899. The van der Waals surface area contributed by atoms with Crippen molar-refractivity contribution in [3.05, 3.63) is 46.2 Å². The highest BCUT2D eigenvalue weighted by Crippen LogP contribution is 2.30. The van der Waals surface area contributed by atoms with E-state index in [0.717, 1.165) is 17.7 Å². The standard InChI is InChI=1S/C16H18N2O3S2/c1-17-23(20,21)14-5-6-15-12(11-14)8-9-18(15)16(19)7-4-13-3-2-10-22-13/h2-3,5-6,10-11,17H,4,7-9H2,1H3. The van der Waals surface area contributed by atoms with Crippen LogP contribution in [0.4, 0.5) is 5.69 Å². The lowest BCUT2D eigenvalue weighted by atomic mass is 10.2. The van der Waals surface area contributed by atoms with Crippen molar-refractivity contribution < 1.29 is 13.2 Å². The topological polar surface area (TPSA) is 66.5 Å². The third-order valence-electron chi connectivity index (χ3n) is 3.99. The fourth-order valence-corrected chi connectivity index (χ4v) is 4.23. The van der Waals surface area contributed by atoms with E-state index in [2.05, 4.69) is 4.72 Å². The Labute approximate surface area is 140 Å². The van der Waals surface area contributed by atoms with E-state index in [9.17, 15) is 13.2 Å². The van der Waals surface area contributed by atoms with E-state index in [1.54, 1.807) is 34.4 Å². The van der Waals surface area contributed by atoms with E-state index in [1.165, 1.54) is 11.9 Å². The van der Waals surface area contributed by atoms with Crippen LogP contribution in [-0.2, 0) is 27.7 Å². The number of benzene rings is 1. The largest absolute Gasteiger partial charge is 0.312 e. The number of hydrogen-bond donors (Lipinski definition) is 1. The second-order valence-electron chi connectivity index (χ2n) is 5.37. The molecule has 0 atom stereocenters. The number of sulfonamides is 1. The monoisotopic (exact) mass is 350 g/mol. The van der Waals surface area contributed by atoms with Crippen molar-refractivity contribution in [1.29, 1.82) is 0 Å². The number of carbonyl (C=O) groups excluding carboxylic acids is 1. The molecule has 0 fully saturated rings. The predicted molar refractivity (Wildman–Crippen MR) is 91.4 cm³/mol. The lowest BCUT2D eigenvalue weighted by molar-refractivity contribution is -0.118. The second-order valence-corrected chi connectivity index (χ2v) is 8.29. The molecule has 23 heavy (non-hydrogen) atoms. The van der Waals surface area contributed by atoms with E-state index in [0.29, 0.717) is 19.4 Å². The molecule has 0 spiro atoms. The van der Waals surface area contributed by atoms with Crippen molar-refractivity contribution in [1.82, 2.24) is 4.72 Å². The summed E-state index contributed by atoms with van der Waals surface area (Å²) in [5, 5.41) is 2.01. The van der Waals surface area contributed by atoms with Crippen LogP contribution < -0.4 is 9.62 Å². The number of fused-ring (bicyclic) bond motifs is 1. The normalized spacial score (nSPS) is 14.0. The summed E-state index contributed by atoms with van der Waals surface area (Å²) in [6.45, 7) is 0.613. The van der Waals surface area contributed by atoms with Crippen molar-refractivity contribution in [3.63, 3.8) is 0 Å². The maximum absolute atomic E-state index is 12.4. The average molecular weight is 350 g/mol. The molecule has 1 aliphatic heterocycles. The van der Waals surface area contributed by atoms with E-state index in [4.69, 9.17) is 0 Å². The van der Waals surface area contributed by atoms with Crippen LogP contribution in [-0.4, -0.2) is 27.9 Å². The van der Waals surface area contributed by atoms with Gasteiger partial charge in [0.25, 0.3) is 0 Å². The van der Waals surface area contributed by atoms with Gasteiger partial charge in [0.2, 0.25) is 15.9 Å². The lowest BCUT2D eigenvalue weighted by Gasteiger charge is -2.17. The van der Waals surface area contributed by atoms with Crippen LogP contribution in [0.1, 0.15) is 16.9 Å². The second kappa shape index (κ2) is 6.43. The molecule has 3 rings (SSSR count). The Morgan fingerprint density at radius 1 is 1.35 bits per heavy atom. The number of nitrogens with zero attached hydrogens (tertiary/aromatic N) is 1. The van der Waals surface area contributed by atoms with Gasteiger partial charge in [-0.15, -0.1) is 11.3 Å². The van der Waals surface area contributed by atoms with E-state index < -0.39 is 10.0 Å². The molecule has 1 amide bonds. The molecule has 0 saturated heterocycles. The Bertz CT molecular complexity index is 814. The van der Waals surface area contributed by atoms with Crippen molar-refractivity contribution in [2.75, 3.05) is 18.5 Å². The van der Waals surface area contributed by atoms with E-state index in [-0.39, 0.29) is 10.8 Å². The third kappa shape index (κ3) is 3.31. The summed E-state index contributed by atoms with van der Waals surface area (Å²) in [7, 11) is -2.06. The molecular weight excluding hydrogens is 332 g/mol. The Kier molecular flexibility index (Phi) is 4.52. The molecule has 0 unspecified atom stereocenters. The van der Waals surface area contributed by atoms with Crippen molar-refractivity contribution in [2.45, 2.75) is 24.2 Å². The first-order valence-electron chi connectivity index (χ1n) is 7.40. The molecule has 122 valence electrons. The van der Waals surface area contributed by atoms with E-state index >= 15 is 0 Å². The summed E-state index contributed by atoms with van der Waals surface area (Å²) in [5.41, 5.74) is 1.74. The molecule has 0 bridgehead atoms. The summed E-state index contributed by atoms with van der Waals surface area (Å²) in [5.74, 6) is 0.0846. The Morgan fingerprint density at radius 3 is 2.87 bits per heavy atom. The van der Waals surface area contributed by atoms with Crippen LogP contribution in [0.2, 0.25) is 0 Å². The number of carbonyl (C=O) groups is 1. The van der Waals surface area contributed by atoms with Crippen molar-refractivity contribution in [2.24, 2.45) is 0 Å². The zero-order valence-corrected chi connectivity index (χ0v) is 14.4. The van der Waals surface area contributed by atoms with Gasteiger partial charge in [-0.05, 0) is 55.1 Å². The van der Waals surface area contributed by atoms with Gasteiger partial charge in [0.15, 0.2) is 0 Å². The van der Waals surface area contributed by atoms with Crippen LogP contribution in [0.3, 0.4) is 0 Å². The summed E-state index contributed by atoms with van der Waals surface area (Å²) in [4.78, 5) is 15.6. The number of thiophene rings is 1. The van der Waals surface area contributed by atoms with Gasteiger partial charge in [0.1, 0.15) is 0 Å². The predicted octanol–water partition coefficient (Wildman–Crippen LogP) is 2.18. The highest BCUT2D eigenvalue weighted by Gasteiger charge is 2.26. The Morgan fingerprint density at radius 2 is 2.17 bits per heavy atom. The number of anilines is 1. The molecule has 1 aliphatic rings. The van der Waals surface area contributed by atoms with Gasteiger partial charge in [0.05, 0.1) is 4.90 Å². The minimum Gasteiger partial charge on any atom is -0.312 e. The van der Waals surface area contributed by atoms with Crippen molar-refractivity contribution >= 4 is 33.0 Å². The maximum Gasteiger partial charge on any atom is 0.240 e. The molecule has 0 saturated carbocycles. The summed E-state index contributed by atoms with van der Waals surface area (Å²) < 4.78 is 26.0. The third-order valence-corrected chi connectivity index (χ3v) is 6.34. The van der Waals surface area contributed by atoms with Gasteiger partial charge in [-0.1, -0.05) is 6.07 Å². The van der Waals surface area contributed by atoms with Crippen LogP contribution in [0.25, 0.3) is 0 Å². The highest BCUT2D eigenvalue weighted by atomic mass is 32.2. The van der Waals surface area contributed by atoms with Gasteiger partial charge >= 0.3 is 0 Å². The van der Waals surface area contributed by atoms with Crippen LogP contribution in [0, 0.1) is 0 Å².